The van der Waals surface area contributed by atoms with Gasteiger partial charge in [-0.3, -0.25) is 19.3 Å². The molecule has 226 valence electrons. The van der Waals surface area contributed by atoms with E-state index >= 15 is 0 Å². The lowest BCUT2D eigenvalue weighted by Gasteiger charge is -2.35. The number of rotatable bonds is 14. The van der Waals surface area contributed by atoms with Crippen LogP contribution in [0.1, 0.15) is 64.3 Å². The molecule has 0 aliphatic heterocycles. The van der Waals surface area contributed by atoms with E-state index in [-0.39, 0.29) is 18.7 Å². The zero-order chi connectivity index (χ0) is 30.9. The highest BCUT2D eigenvalue weighted by Gasteiger charge is 2.37. The first kappa shape index (κ1) is 32.0. The molecule has 2 aromatic carbocycles. The summed E-state index contributed by atoms with van der Waals surface area (Å²) in [6, 6.07) is 12.5. The molecule has 1 heterocycles. The predicted molar refractivity (Wildman–Crippen MR) is 159 cm³/mol. The fraction of sp³-hybridized carbons (Fsp3) is 0.419. The average molecular weight is 581 g/mol. The van der Waals surface area contributed by atoms with Crippen LogP contribution in [0.25, 0.3) is 0 Å². The van der Waals surface area contributed by atoms with Crippen molar-refractivity contribution in [3.05, 3.63) is 59.9 Å². The van der Waals surface area contributed by atoms with Gasteiger partial charge in [0, 0.05) is 35.7 Å². The molecular weight excluding hydrogens is 540 g/mol. The zero-order valence-corrected chi connectivity index (χ0v) is 25.3. The number of para-hydroxylation sites is 1. The summed E-state index contributed by atoms with van der Waals surface area (Å²) in [6.07, 6.45) is 0.310. The number of aryl methyl sites for hydroxylation is 1. The van der Waals surface area contributed by atoms with Crippen molar-refractivity contribution in [1.82, 2.24) is 10.5 Å². The number of methoxy groups -OCH3 is 2. The van der Waals surface area contributed by atoms with Crippen LogP contribution in [-0.2, 0) is 14.4 Å². The van der Waals surface area contributed by atoms with Crippen LogP contribution in [0.5, 0.6) is 17.2 Å². The smallest absolute Gasteiger partial charge is 0.248 e. The Balaban J connectivity index is 2.08. The van der Waals surface area contributed by atoms with E-state index in [1.807, 2.05) is 27.7 Å². The first-order valence-electron chi connectivity index (χ1n) is 13.8. The fourth-order valence-corrected chi connectivity index (χ4v) is 4.29. The molecule has 0 saturated carbocycles. The number of anilines is 2. The van der Waals surface area contributed by atoms with Gasteiger partial charge in [0.15, 0.2) is 17.3 Å². The Morgan fingerprint density at radius 2 is 1.74 bits per heavy atom. The number of ether oxygens (including phenoxy) is 3. The van der Waals surface area contributed by atoms with Gasteiger partial charge in [-0.05, 0) is 64.4 Å². The van der Waals surface area contributed by atoms with Crippen LogP contribution >= 0.6 is 0 Å². The molecule has 3 rings (SSSR count). The molecule has 0 fully saturated rings. The molecule has 42 heavy (non-hydrogen) atoms. The van der Waals surface area contributed by atoms with Gasteiger partial charge < -0.3 is 29.4 Å². The van der Waals surface area contributed by atoms with Crippen molar-refractivity contribution in [2.24, 2.45) is 0 Å². The molecule has 3 aromatic rings. The minimum atomic E-state index is -1.16. The Bertz CT molecular complexity index is 1370. The van der Waals surface area contributed by atoms with Gasteiger partial charge in [0.25, 0.3) is 0 Å². The highest BCUT2D eigenvalue weighted by atomic mass is 16.5. The number of nitrogens with zero attached hydrogens (tertiary/aromatic N) is 2. The van der Waals surface area contributed by atoms with Crippen LogP contribution in [0.2, 0.25) is 0 Å². The number of carbonyl (C=O) groups excluding carboxylic acids is 3. The minimum Gasteiger partial charge on any atom is -0.494 e. The van der Waals surface area contributed by atoms with Crippen LogP contribution in [0, 0.1) is 6.92 Å². The number of amides is 3. The van der Waals surface area contributed by atoms with Crippen LogP contribution < -0.4 is 29.7 Å². The summed E-state index contributed by atoms with van der Waals surface area (Å²) in [5, 5.41) is 9.47. The summed E-state index contributed by atoms with van der Waals surface area (Å²) in [6.45, 7) is 9.83. The van der Waals surface area contributed by atoms with Crippen LogP contribution in [0.15, 0.2) is 53.1 Å². The molecule has 0 aliphatic rings. The number of nitrogens with one attached hydrogen (secondary N) is 2. The Morgan fingerprint density at radius 3 is 2.31 bits per heavy atom. The highest BCUT2D eigenvalue weighted by Crippen LogP contribution is 2.40. The van der Waals surface area contributed by atoms with Gasteiger partial charge in [0.1, 0.15) is 17.6 Å². The minimum absolute atomic E-state index is 0.150. The fourth-order valence-electron chi connectivity index (χ4n) is 4.29. The molecule has 11 heteroatoms. The third kappa shape index (κ3) is 8.02. The van der Waals surface area contributed by atoms with Gasteiger partial charge in [0.2, 0.25) is 17.7 Å². The van der Waals surface area contributed by atoms with Crippen molar-refractivity contribution in [2.45, 2.75) is 65.5 Å². The van der Waals surface area contributed by atoms with E-state index in [4.69, 9.17) is 18.7 Å². The summed E-state index contributed by atoms with van der Waals surface area (Å²) in [7, 11) is 2.98. The lowest BCUT2D eigenvalue weighted by molar-refractivity contribution is -0.128. The van der Waals surface area contributed by atoms with Gasteiger partial charge in [-0.1, -0.05) is 24.2 Å². The Morgan fingerprint density at radius 1 is 1.02 bits per heavy atom. The van der Waals surface area contributed by atoms with E-state index < -0.39 is 29.3 Å². The maximum atomic E-state index is 14.1. The number of aromatic nitrogens is 1. The van der Waals surface area contributed by atoms with Gasteiger partial charge in [-0.25, -0.2) is 0 Å². The summed E-state index contributed by atoms with van der Waals surface area (Å²) in [4.78, 5) is 42.3. The van der Waals surface area contributed by atoms with Crippen molar-refractivity contribution in [3.63, 3.8) is 0 Å². The lowest BCUT2D eigenvalue weighted by Crippen LogP contribution is -2.50. The molecular formula is C31H40N4O7. The van der Waals surface area contributed by atoms with Crippen molar-refractivity contribution < 1.29 is 33.1 Å². The van der Waals surface area contributed by atoms with Gasteiger partial charge in [-0.2, -0.15) is 0 Å². The molecule has 1 atom stereocenters. The second kappa shape index (κ2) is 14.4. The molecule has 3 amide bonds. The number of hydrogen-bond donors (Lipinski definition) is 2. The predicted octanol–water partition coefficient (Wildman–Crippen LogP) is 5.20. The van der Waals surface area contributed by atoms with E-state index in [9.17, 15) is 14.4 Å². The van der Waals surface area contributed by atoms with Crippen LogP contribution in [0.4, 0.5) is 11.5 Å². The Hall–Kier alpha value is -4.54. The van der Waals surface area contributed by atoms with Crippen molar-refractivity contribution in [1.29, 1.82) is 0 Å². The molecule has 2 N–H and O–H groups in total. The van der Waals surface area contributed by atoms with Crippen molar-refractivity contribution in [3.8, 4) is 17.2 Å². The molecule has 0 aliphatic carbocycles. The topological polar surface area (TPSA) is 132 Å². The maximum absolute atomic E-state index is 14.1. The molecule has 0 spiro atoms. The molecule has 0 saturated heterocycles. The summed E-state index contributed by atoms with van der Waals surface area (Å²) >= 11 is 0. The molecule has 0 radical (unpaired) electrons. The molecule has 0 bridgehead atoms. The summed E-state index contributed by atoms with van der Waals surface area (Å²) < 4.78 is 21.8. The quantitative estimate of drug-likeness (QED) is 0.266. The van der Waals surface area contributed by atoms with Crippen LogP contribution in [0.3, 0.4) is 0 Å². The average Bonchev–Trinajstić information content (AvgIpc) is 3.38. The first-order chi connectivity index (χ1) is 20.0. The largest absolute Gasteiger partial charge is 0.494 e. The standard InChI is InChI=1S/C31H40N4O7/c1-8-31(4,5)33-30(38)28(23-11-10-12-24(39-6)29(23)40-7)35(21-13-15-22(16-14-21)41-9-2)27(37)18-17-26(36)32-25-19-20(3)42-34-25/h10-16,19,28H,8-9,17-18H2,1-7H3,(H,33,38)(H,32,34,36)/t28-/m1/s1. The van der Waals surface area contributed by atoms with E-state index in [0.717, 1.165) is 0 Å². The monoisotopic (exact) mass is 580 g/mol. The highest BCUT2D eigenvalue weighted by molar-refractivity contribution is 6.03. The number of benzene rings is 2. The second-order valence-electron chi connectivity index (χ2n) is 10.3. The van der Waals surface area contributed by atoms with E-state index in [2.05, 4.69) is 15.8 Å². The van der Waals surface area contributed by atoms with Gasteiger partial charge in [-0.15, -0.1) is 0 Å². The number of carbonyl (C=O) groups is 3. The first-order valence-corrected chi connectivity index (χ1v) is 13.8. The number of hydrogen-bond acceptors (Lipinski definition) is 8. The lowest BCUT2D eigenvalue weighted by atomic mass is 9.97. The third-order valence-corrected chi connectivity index (χ3v) is 6.74. The van der Waals surface area contributed by atoms with Crippen molar-refractivity contribution in [2.75, 3.05) is 31.0 Å². The Labute approximate surface area is 246 Å². The van der Waals surface area contributed by atoms with Gasteiger partial charge >= 0.3 is 0 Å². The second-order valence-corrected chi connectivity index (χ2v) is 10.3. The zero-order valence-electron chi connectivity index (χ0n) is 25.3. The van der Waals surface area contributed by atoms with E-state index in [1.54, 1.807) is 55.5 Å². The van der Waals surface area contributed by atoms with Gasteiger partial charge in [0.05, 0.1) is 20.8 Å². The van der Waals surface area contributed by atoms with E-state index in [1.165, 1.54) is 19.1 Å². The van der Waals surface area contributed by atoms with Crippen molar-refractivity contribution >= 4 is 29.2 Å². The SMILES string of the molecule is CCOc1ccc(N(C(=O)CCC(=O)Nc2cc(C)on2)[C@@H](C(=O)NC(C)(C)CC)c2cccc(OC)c2OC)cc1. The van der Waals surface area contributed by atoms with E-state index in [0.29, 0.717) is 47.3 Å². The molecule has 1 aromatic heterocycles. The molecule has 0 unspecified atom stereocenters. The normalized spacial score (nSPS) is 11.8. The maximum Gasteiger partial charge on any atom is 0.248 e. The molecule has 11 nitrogen and oxygen atoms in total. The van der Waals surface area contributed by atoms with Crippen LogP contribution in [-0.4, -0.2) is 49.2 Å². The summed E-state index contributed by atoms with van der Waals surface area (Å²) in [5.74, 6) is 0.843. The summed E-state index contributed by atoms with van der Waals surface area (Å²) in [5.41, 5.74) is 0.297. The third-order valence-electron chi connectivity index (χ3n) is 6.74. The Kier molecular flexibility index (Phi) is 11.0.